The lowest BCUT2D eigenvalue weighted by molar-refractivity contribution is -0.143. The molecule has 1 atom stereocenters. The molecule has 3 aromatic rings. The van der Waals surface area contributed by atoms with Gasteiger partial charge in [-0.25, -0.2) is 9.78 Å². The predicted octanol–water partition coefficient (Wildman–Crippen LogP) is 3.39. The normalized spacial score (nSPS) is 17.4. The molecule has 1 aliphatic heterocycles. The summed E-state index contributed by atoms with van der Waals surface area (Å²) in [7, 11) is 0. The summed E-state index contributed by atoms with van der Waals surface area (Å²) in [5, 5.41) is 14.2. The Morgan fingerprint density at radius 1 is 1.27 bits per heavy atom. The fraction of sp³-hybridized carbons (Fsp3) is 0.278. The Morgan fingerprint density at radius 3 is 2.92 bits per heavy atom. The number of carbonyl (C=O) groups is 2. The van der Waals surface area contributed by atoms with E-state index in [0.717, 1.165) is 10.5 Å². The van der Waals surface area contributed by atoms with Crippen LogP contribution in [0.25, 0.3) is 16.2 Å². The Labute approximate surface area is 153 Å². The van der Waals surface area contributed by atoms with E-state index in [0.29, 0.717) is 30.9 Å². The zero-order chi connectivity index (χ0) is 18.1. The summed E-state index contributed by atoms with van der Waals surface area (Å²) in [6, 6.07) is 9.27. The number of fused-ring (bicyclic) bond motifs is 1. The number of nitrogens with zero attached hydrogens (tertiary/aromatic N) is 3. The molecular formula is C18H18N4O3S. The quantitative estimate of drug-likeness (QED) is 0.740. The van der Waals surface area contributed by atoms with Gasteiger partial charge in [0.1, 0.15) is 17.2 Å². The van der Waals surface area contributed by atoms with Gasteiger partial charge in [0.15, 0.2) is 0 Å². The number of amides is 2. The smallest absolute Gasteiger partial charge is 0.323 e. The Hall–Kier alpha value is -2.87. The largest absolute Gasteiger partial charge is 0.481 e. The van der Waals surface area contributed by atoms with Crippen molar-refractivity contribution in [2.24, 2.45) is 5.92 Å². The molecule has 7 nitrogen and oxygen atoms in total. The van der Waals surface area contributed by atoms with Crippen LogP contribution in [0.5, 0.6) is 0 Å². The summed E-state index contributed by atoms with van der Waals surface area (Å²) < 4.78 is 1.84. The first-order valence-electron chi connectivity index (χ1n) is 8.43. The molecule has 0 bridgehead atoms. The maximum Gasteiger partial charge on any atom is 0.323 e. The van der Waals surface area contributed by atoms with E-state index >= 15 is 0 Å². The first kappa shape index (κ1) is 16.6. The van der Waals surface area contributed by atoms with Gasteiger partial charge < -0.3 is 10.0 Å². The molecular weight excluding hydrogens is 352 g/mol. The molecule has 4 rings (SSSR count). The number of hydrogen-bond donors (Lipinski definition) is 2. The number of hydrogen-bond acceptors (Lipinski definition) is 4. The van der Waals surface area contributed by atoms with Crippen LogP contribution in [-0.2, 0) is 4.79 Å². The van der Waals surface area contributed by atoms with Crippen molar-refractivity contribution in [3.8, 4) is 10.6 Å². The molecule has 0 radical (unpaired) electrons. The van der Waals surface area contributed by atoms with Gasteiger partial charge in [-0.2, -0.15) is 0 Å². The average Bonchev–Trinajstić information content (AvgIpc) is 3.30. The summed E-state index contributed by atoms with van der Waals surface area (Å²) in [6.45, 7) is 0.785. The number of anilines is 1. The molecule has 0 saturated carbocycles. The summed E-state index contributed by atoms with van der Waals surface area (Å²) in [6.07, 6.45) is 3.15. The van der Waals surface area contributed by atoms with Crippen molar-refractivity contribution in [1.29, 1.82) is 0 Å². The minimum absolute atomic E-state index is 0.228. The number of aromatic nitrogens is 2. The molecule has 0 spiro atoms. The van der Waals surface area contributed by atoms with Crippen molar-refractivity contribution >= 4 is 34.8 Å². The topological polar surface area (TPSA) is 86.9 Å². The summed E-state index contributed by atoms with van der Waals surface area (Å²) in [5.74, 6) is -0.754. The second-order valence-electron chi connectivity index (χ2n) is 6.27. The lowest BCUT2D eigenvalue weighted by Crippen LogP contribution is -2.44. The minimum atomic E-state index is -0.850. The van der Waals surface area contributed by atoms with E-state index in [1.807, 2.05) is 46.3 Å². The molecule has 1 unspecified atom stereocenters. The second-order valence-corrected chi connectivity index (χ2v) is 7.22. The van der Waals surface area contributed by atoms with E-state index in [2.05, 4.69) is 10.3 Å². The Balaban J connectivity index is 1.65. The molecule has 8 heteroatoms. The standard InChI is InChI=1S/C18H18N4O3S/c23-17(24)12-5-3-8-21(11-12)18(25)20-16-15(13-6-4-10-26-13)19-14-7-1-2-9-22(14)16/h1-2,4,6-7,9-10,12H,3,5,8,11H2,(H,20,25)(H,23,24). The van der Waals surface area contributed by atoms with Gasteiger partial charge in [-0.1, -0.05) is 12.1 Å². The van der Waals surface area contributed by atoms with Gasteiger partial charge in [-0.3, -0.25) is 14.5 Å². The highest BCUT2D eigenvalue weighted by Crippen LogP contribution is 2.32. The maximum atomic E-state index is 12.8. The number of nitrogens with one attached hydrogen (secondary N) is 1. The number of carboxylic acid groups (broad SMARTS) is 1. The zero-order valence-corrected chi connectivity index (χ0v) is 14.8. The number of thiophene rings is 1. The molecule has 26 heavy (non-hydrogen) atoms. The lowest BCUT2D eigenvalue weighted by Gasteiger charge is -2.30. The van der Waals surface area contributed by atoms with Crippen LogP contribution in [0.3, 0.4) is 0 Å². The third-order valence-corrected chi connectivity index (χ3v) is 5.44. The van der Waals surface area contributed by atoms with E-state index in [1.54, 1.807) is 16.2 Å². The van der Waals surface area contributed by atoms with Crippen molar-refractivity contribution in [3.05, 3.63) is 41.9 Å². The van der Waals surface area contributed by atoms with E-state index in [4.69, 9.17) is 0 Å². The van der Waals surface area contributed by atoms with Gasteiger partial charge in [-0.05, 0) is 36.4 Å². The van der Waals surface area contributed by atoms with Crippen LogP contribution in [-0.4, -0.2) is 44.5 Å². The maximum absolute atomic E-state index is 12.8. The molecule has 1 saturated heterocycles. The molecule has 0 aromatic carbocycles. The average molecular weight is 370 g/mol. The summed E-state index contributed by atoms with van der Waals surface area (Å²) >= 11 is 1.55. The van der Waals surface area contributed by atoms with Gasteiger partial charge >= 0.3 is 12.0 Å². The minimum Gasteiger partial charge on any atom is -0.481 e. The third-order valence-electron chi connectivity index (χ3n) is 4.57. The van der Waals surface area contributed by atoms with Gasteiger partial charge in [0, 0.05) is 19.3 Å². The number of carboxylic acids is 1. The van der Waals surface area contributed by atoms with Crippen LogP contribution < -0.4 is 5.32 Å². The van der Waals surface area contributed by atoms with E-state index in [-0.39, 0.29) is 12.6 Å². The van der Waals surface area contributed by atoms with Crippen molar-refractivity contribution in [2.75, 3.05) is 18.4 Å². The first-order valence-corrected chi connectivity index (χ1v) is 9.31. The Kier molecular flexibility index (Phi) is 4.34. The van der Waals surface area contributed by atoms with Gasteiger partial charge in [-0.15, -0.1) is 11.3 Å². The van der Waals surface area contributed by atoms with E-state index in [9.17, 15) is 14.7 Å². The van der Waals surface area contributed by atoms with Crippen LogP contribution in [0.1, 0.15) is 12.8 Å². The number of aliphatic carboxylic acids is 1. The second kappa shape index (κ2) is 6.80. The number of piperidine rings is 1. The van der Waals surface area contributed by atoms with Crippen molar-refractivity contribution in [1.82, 2.24) is 14.3 Å². The molecule has 1 fully saturated rings. The fourth-order valence-corrected chi connectivity index (χ4v) is 3.96. The highest BCUT2D eigenvalue weighted by atomic mass is 32.1. The number of likely N-dealkylation sites (tertiary alicyclic amines) is 1. The molecule has 1 aliphatic rings. The van der Waals surface area contributed by atoms with E-state index < -0.39 is 11.9 Å². The van der Waals surface area contributed by atoms with Crippen molar-refractivity contribution < 1.29 is 14.7 Å². The lowest BCUT2D eigenvalue weighted by atomic mass is 9.99. The van der Waals surface area contributed by atoms with Crippen LogP contribution >= 0.6 is 11.3 Å². The van der Waals surface area contributed by atoms with Gasteiger partial charge in [0.25, 0.3) is 0 Å². The van der Waals surface area contributed by atoms with Crippen LogP contribution in [0.15, 0.2) is 41.9 Å². The highest BCUT2D eigenvalue weighted by molar-refractivity contribution is 7.13. The molecule has 3 aromatic heterocycles. The SMILES string of the molecule is O=C(O)C1CCCN(C(=O)Nc2c(-c3cccs3)nc3ccccn23)C1. The highest BCUT2D eigenvalue weighted by Gasteiger charge is 2.29. The summed E-state index contributed by atoms with van der Waals surface area (Å²) in [5.41, 5.74) is 1.46. The van der Waals surface area contributed by atoms with Crippen LogP contribution in [0, 0.1) is 5.92 Å². The number of urea groups is 1. The van der Waals surface area contributed by atoms with E-state index in [1.165, 1.54) is 0 Å². The Bertz CT molecular complexity index is 951. The van der Waals surface area contributed by atoms with Crippen molar-refractivity contribution in [3.63, 3.8) is 0 Å². The number of carbonyl (C=O) groups excluding carboxylic acids is 1. The zero-order valence-electron chi connectivity index (χ0n) is 14.0. The monoisotopic (exact) mass is 370 g/mol. The fourth-order valence-electron chi connectivity index (χ4n) is 3.24. The molecule has 2 N–H and O–H groups in total. The third kappa shape index (κ3) is 3.03. The number of rotatable bonds is 3. The number of imidazole rings is 1. The first-order chi connectivity index (χ1) is 12.6. The van der Waals surface area contributed by atoms with Crippen molar-refractivity contribution in [2.45, 2.75) is 12.8 Å². The van der Waals surface area contributed by atoms with Crippen LogP contribution in [0.4, 0.5) is 10.6 Å². The molecule has 4 heterocycles. The molecule has 0 aliphatic carbocycles. The Morgan fingerprint density at radius 2 is 2.15 bits per heavy atom. The number of pyridine rings is 1. The predicted molar refractivity (Wildman–Crippen MR) is 99.5 cm³/mol. The summed E-state index contributed by atoms with van der Waals surface area (Å²) in [4.78, 5) is 31.2. The van der Waals surface area contributed by atoms with Gasteiger partial charge in [0.05, 0.1) is 10.8 Å². The van der Waals surface area contributed by atoms with Gasteiger partial charge in [0.2, 0.25) is 0 Å². The molecule has 2 amide bonds. The molecule has 134 valence electrons. The van der Waals surface area contributed by atoms with Crippen LogP contribution in [0.2, 0.25) is 0 Å².